The second-order valence-corrected chi connectivity index (χ2v) is 5.50. The summed E-state index contributed by atoms with van der Waals surface area (Å²) in [4.78, 5) is 18.1. The number of hydrogen-bond donors (Lipinski definition) is 2. The quantitative estimate of drug-likeness (QED) is 0.736. The van der Waals surface area contributed by atoms with Crippen molar-refractivity contribution in [1.82, 2.24) is 19.9 Å². The first-order valence-electron chi connectivity index (χ1n) is 7.34. The molecule has 8 heteroatoms. The van der Waals surface area contributed by atoms with E-state index in [0.29, 0.717) is 23.6 Å². The normalized spacial score (nSPS) is 10.8. The average molecular weight is 329 g/mol. The molecule has 24 heavy (non-hydrogen) atoms. The van der Waals surface area contributed by atoms with Gasteiger partial charge in [0.05, 0.1) is 14.2 Å². The van der Waals surface area contributed by atoms with E-state index in [1.54, 1.807) is 12.1 Å². The monoisotopic (exact) mass is 329 g/mol. The summed E-state index contributed by atoms with van der Waals surface area (Å²) in [5.74, 6) is 2.21. The Kier molecular flexibility index (Phi) is 4.11. The molecule has 3 aromatic rings. The highest BCUT2D eigenvalue weighted by Crippen LogP contribution is 2.37. The van der Waals surface area contributed by atoms with Gasteiger partial charge < -0.3 is 24.5 Å². The van der Waals surface area contributed by atoms with E-state index in [9.17, 15) is 5.11 Å². The molecule has 0 amide bonds. The van der Waals surface area contributed by atoms with Gasteiger partial charge in [0.2, 0.25) is 5.75 Å². The highest BCUT2D eigenvalue weighted by molar-refractivity contribution is 5.83. The molecule has 0 atom stereocenters. The van der Waals surface area contributed by atoms with Gasteiger partial charge in [-0.25, -0.2) is 15.0 Å². The molecule has 126 valence electrons. The van der Waals surface area contributed by atoms with Crippen LogP contribution in [0.1, 0.15) is 11.4 Å². The van der Waals surface area contributed by atoms with Crippen molar-refractivity contribution in [2.45, 2.75) is 6.42 Å². The van der Waals surface area contributed by atoms with Crippen LogP contribution < -0.4 is 14.4 Å². The number of aromatic amines is 1. The molecule has 0 bridgehead atoms. The number of aromatic nitrogens is 4. The number of nitrogens with zero attached hydrogens (tertiary/aromatic N) is 4. The minimum atomic E-state index is -0.0193. The van der Waals surface area contributed by atoms with Gasteiger partial charge >= 0.3 is 0 Å². The van der Waals surface area contributed by atoms with Crippen LogP contribution in [0.4, 0.5) is 5.82 Å². The number of nitrogens with one attached hydrogen (secondary N) is 1. The Bertz CT molecular complexity index is 850. The van der Waals surface area contributed by atoms with E-state index in [-0.39, 0.29) is 5.75 Å². The van der Waals surface area contributed by atoms with Crippen LogP contribution in [-0.4, -0.2) is 53.4 Å². The molecule has 2 N–H and O–H groups in total. The van der Waals surface area contributed by atoms with E-state index in [0.717, 1.165) is 22.7 Å². The van der Waals surface area contributed by atoms with Gasteiger partial charge in [-0.3, -0.25) is 0 Å². The molecule has 0 spiro atoms. The Labute approximate surface area is 139 Å². The fourth-order valence-corrected chi connectivity index (χ4v) is 2.53. The van der Waals surface area contributed by atoms with Crippen molar-refractivity contribution >= 4 is 17.0 Å². The van der Waals surface area contributed by atoms with Crippen LogP contribution in [0.5, 0.6) is 17.2 Å². The summed E-state index contributed by atoms with van der Waals surface area (Å²) in [5, 5.41) is 9.99. The molecule has 0 saturated heterocycles. The lowest BCUT2D eigenvalue weighted by Crippen LogP contribution is -2.11. The zero-order valence-corrected chi connectivity index (χ0v) is 14.0. The van der Waals surface area contributed by atoms with Crippen molar-refractivity contribution in [2.75, 3.05) is 33.2 Å². The number of phenolic OH excluding ortho intramolecular Hbond substituents is 1. The summed E-state index contributed by atoms with van der Waals surface area (Å²) in [6, 6.07) is 3.51. The summed E-state index contributed by atoms with van der Waals surface area (Å²) in [5.41, 5.74) is 2.29. The smallest absolute Gasteiger partial charge is 0.200 e. The maximum absolute atomic E-state index is 9.99. The van der Waals surface area contributed by atoms with Crippen molar-refractivity contribution < 1.29 is 14.6 Å². The second kappa shape index (κ2) is 6.23. The Morgan fingerprint density at radius 3 is 2.38 bits per heavy atom. The molecule has 0 aliphatic heterocycles. The largest absolute Gasteiger partial charge is 0.502 e. The van der Waals surface area contributed by atoms with Gasteiger partial charge in [-0.15, -0.1) is 0 Å². The number of fused-ring (bicyclic) bond motifs is 1. The van der Waals surface area contributed by atoms with Gasteiger partial charge in [0.25, 0.3) is 0 Å². The van der Waals surface area contributed by atoms with Crippen molar-refractivity contribution in [3.63, 3.8) is 0 Å². The zero-order chi connectivity index (χ0) is 17.3. The third kappa shape index (κ3) is 2.78. The number of hydrogen-bond acceptors (Lipinski definition) is 7. The molecule has 0 aliphatic rings. The van der Waals surface area contributed by atoms with Crippen LogP contribution in [0.2, 0.25) is 0 Å². The molecular formula is C16H19N5O3. The van der Waals surface area contributed by atoms with E-state index >= 15 is 0 Å². The number of aromatic hydroxyl groups is 1. The van der Waals surface area contributed by atoms with Crippen LogP contribution in [0.3, 0.4) is 0 Å². The fourth-order valence-electron chi connectivity index (χ4n) is 2.53. The SMILES string of the molecule is COc1cc(Cc2nc3ncnc(N(C)C)c3[nH]2)cc(OC)c1O. The number of methoxy groups -OCH3 is 2. The third-order valence-electron chi connectivity index (χ3n) is 3.65. The summed E-state index contributed by atoms with van der Waals surface area (Å²) < 4.78 is 10.4. The number of anilines is 1. The molecule has 0 aliphatic carbocycles. The van der Waals surface area contributed by atoms with Crippen molar-refractivity contribution in [3.8, 4) is 17.2 Å². The van der Waals surface area contributed by atoms with Crippen molar-refractivity contribution in [3.05, 3.63) is 29.8 Å². The predicted octanol–water partition coefficient (Wildman–Crippen LogP) is 1.73. The van der Waals surface area contributed by atoms with Crippen LogP contribution in [0, 0.1) is 0 Å². The Hall–Kier alpha value is -3.03. The molecule has 2 heterocycles. The van der Waals surface area contributed by atoms with Gasteiger partial charge in [0.15, 0.2) is 23.0 Å². The third-order valence-corrected chi connectivity index (χ3v) is 3.65. The van der Waals surface area contributed by atoms with E-state index in [1.165, 1.54) is 20.5 Å². The lowest BCUT2D eigenvalue weighted by atomic mass is 10.1. The van der Waals surface area contributed by atoms with E-state index < -0.39 is 0 Å². The minimum Gasteiger partial charge on any atom is -0.502 e. The minimum absolute atomic E-state index is 0.0193. The van der Waals surface area contributed by atoms with Crippen LogP contribution >= 0.6 is 0 Å². The summed E-state index contributed by atoms with van der Waals surface area (Å²) >= 11 is 0. The Morgan fingerprint density at radius 2 is 1.79 bits per heavy atom. The molecule has 2 aromatic heterocycles. The van der Waals surface area contributed by atoms with Crippen LogP contribution in [0.25, 0.3) is 11.2 Å². The molecular weight excluding hydrogens is 310 g/mol. The number of imidazole rings is 1. The molecule has 0 unspecified atom stereocenters. The van der Waals surface area contributed by atoms with Gasteiger partial charge in [0.1, 0.15) is 17.7 Å². The lowest BCUT2D eigenvalue weighted by Gasteiger charge is -2.11. The highest BCUT2D eigenvalue weighted by Gasteiger charge is 2.15. The first-order chi connectivity index (χ1) is 11.5. The van der Waals surface area contributed by atoms with Crippen molar-refractivity contribution in [2.24, 2.45) is 0 Å². The van der Waals surface area contributed by atoms with E-state index in [4.69, 9.17) is 9.47 Å². The van der Waals surface area contributed by atoms with Gasteiger partial charge in [-0.1, -0.05) is 0 Å². The topological polar surface area (TPSA) is 96.4 Å². The van der Waals surface area contributed by atoms with E-state index in [1.807, 2.05) is 19.0 Å². The molecule has 0 radical (unpaired) electrons. The second-order valence-electron chi connectivity index (χ2n) is 5.50. The standard InChI is InChI=1S/C16H19N5O3/c1-21(2)16-13-15(17-8-18-16)20-12(19-13)7-9-5-10(23-3)14(22)11(6-9)24-4/h5-6,8,22H,7H2,1-4H3,(H,17,18,19,20). The summed E-state index contributed by atoms with van der Waals surface area (Å²) in [7, 11) is 6.83. The van der Waals surface area contributed by atoms with Crippen LogP contribution in [-0.2, 0) is 6.42 Å². The first kappa shape index (κ1) is 15.9. The molecule has 0 saturated carbocycles. The van der Waals surface area contributed by atoms with Gasteiger partial charge in [-0.05, 0) is 17.7 Å². The Balaban J connectivity index is 2.00. The summed E-state index contributed by atoms with van der Waals surface area (Å²) in [6.07, 6.45) is 2.01. The summed E-state index contributed by atoms with van der Waals surface area (Å²) in [6.45, 7) is 0. The maximum Gasteiger partial charge on any atom is 0.200 e. The molecule has 0 fully saturated rings. The van der Waals surface area contributed by atoms with Gasteiger partial charge in [-0.2, -0.15) is 0 Å². The number of H-pyrrole nitrogens is 1. The lowest BCUT2D eigenvalue weighted by molar-refractivity contribution is 0.339. The average Bonchev–Trinajstić information content (AvgIpc) is 2.98. The number of rotatable bonds is 5. The van der Waals surface area contributed by atoms with Gasteiger partial charge in [0, 0.05) is 20.5 Å². The first-order valence-corrected chi connectivity index (χ1v) is 7.34. The van der Waals surface area contributed by atoms with E-state index in [2.05, 4.69) is 19.9 Å². The highest BCUT2D eigenvalue weighted by atomic mass is 16.5. The maximum atomic E-state index is 9.99. The van der Waals surface area contributed by atoms with Crippen molar-refractivity contribution in [1.29, 1.82) is 0 Å². The number of ether oxygens (including phenoxy) is 2. The van der Waals surface area contributed by atoms with Crippen LogP contribution in [0.15, 0.2) is 18.5 Å². The molecule has 3 rings (SSSR count). The Morgan fingerprint density at radius 1 is 1.12 bits per heavy atom. The number of phenols is 1. The fraction of sp³-hybridized carbons (Fsp3) is 0.312. The predicted molar refractivity (Wildman–Crippen MR) is 90.0 cm³/mol. The molecule has 1 aromatic carbocycles. The molecule has 8 nitrogen and oxygen atoms in total. The zero-order valence-electron chi connectivity index (χ0n) is 14.0. The number of benzene rings is 1.